The fourth-order valence-electron chi connectivity index (χ4n) is 4.01. The second-order valence-corrected chi connectivity index (χ2v) is 7.23. The van der Waals surface area contributed by atoms with Crippen LogP contribution in [0, 0.1) is 0 Å². The Kier molecular flexibility index (Phi) is 5.36. The number of carbonyl (C=O) groups excluding carboxylic acids is 2. The average Bonchev–Trinajstić information content (AvgIpc) is 3.25. The zero-order valence-corrected chi connectivity index (χ0v) is 16.6. The lowest BCUT2D eigenvalue weighted by Gasteiger charge is -2.25. The SMILES string of the molecule is COCCOC(=O)CC1Cc2ccccc2N1C(=O)c1cc2ccccc2n1C. The number of hydrogen-bond donors (Lipinski definition) is 0. The second kappa shape index (κ2) is 8.09. The maximum Gasteiger partial charge on any atom is 0.307 e. The number of carbonyl (C=O) groups is 2. The van der Waals surface area contributed by atoms with Crippen molar-refractivity contribution < 1.29 is 19.1 Å². The van der Waals surface area contributed by atoms with Gasteiger partial charge < -0.3 is 18.9 Å². The van der Waals surface area contributed by atoms with Crippen LogP contribution >= 0.6 is 0 Å². The molecule has 1 unspecified atom stereocenters. The number of para-hydroxylation sites is 2. The zero-order valence-electron chi connectivity index (χ0n) is 16.6. The molecule has 0 radical (unpaired) electrons. The van der Waals surface area contributed by atoms with E-state index in [1.807, 2.05) is 66.2 Å². The zero-order chi connectivity index (χ0) is 20.4. The quantitative estimate of drug-likeness (QED) is 0.477. The molecule has 1 atom stereocenters. The summed E-state index contributed by atoms with van der Waals surface area (Å²) in [6, 6.07) is 17.4. The molecule has 150 valence electrons. The average molecular weight is 392 g/mol. The molecule has 1 amide bonds. The molecular formula is C23H24N2O4. The Labute approximate surface area is 169 Å². The standard InChI is InChI=1S/C23H24N2O4/c1-24-19-9-5-3-8-17(19)14-21(24)23(27)25-18(15-22(26)29-12-11-28-2)13-16-7-4-6-10-20(16)25/h3-10,14,18H,11-13,15H2,1-2H3. The summed E-state index contributed by atoms with van der Waals surface area (Å²) in [5, 5.41) is 1.02. The predicted octanol–water partition coefficient (Wildman–Crippen LogP) is 3.33. The van der Waals surface area contributed by atoms with E-state index in [0.717, 1.165) is 22.2 Å². The summed E-state index contributed by atoms with van der Waals surface area (Å²) < 4.78 is 12.1. The third-order valence-corrected chi connectivity index (χ3v) is 5.41. The van der Waals surface area contributed by atoms with Crippen LogP contribution in [-0.2, 0) is 27.7 Å². The molecule has 1 aliphatic rings. The molecule has 1 aliphatic heterocycles. The molecule has 0 bridgehead atoms. The highest BCUT2D eigenvalue weighted by molar-refractivity contribution is 6.09. The van der Waals surface area contributed by atoms with Crippen molar-refractivity contribution in [1.82, 2.24) is 4.57 Å². The predicted molar refractivity (Wildman–Crippen MR) is 111 cm³/mol. The van der Waals surface area contributed by atoms with E-state index in [2.05, 4.69) is 0 Å². The van der Waals surface area contributed by atoms with Gasteiger partial charge in [-0.15, -0.1) is 0 Å². The minimum Gasteiger partial charge on any atom is -0.463 e. The summed E-state index contributed by atoms with van der Waals surface area (Å²) in [5.41, 5.74) is 3.52. The third kappa shape index (κ3) is 3.63. The first kappa shape index (κ1) is 19.2. The number of rotatable bonds is 6. The normalized spacial score (nSPS) is 15.5. The van der Waals surface area contributed by atoms with Gasteiger partial charge in [-0.1, -0.05) is 36.4 Å². The minimum atomic E-state index is -0.324. The van der Waals surface area contributed by atoms with Crippen molar-refractivity contribution in [2.75, 3.05) is 25.2 Å². The van der Waals surface area contributed by atoms with Crippen molar-refractivity contribution in [2.24, 2.45) is 7.05 Å². The third-order valence-electron chi connectivity index (χ3n) is 5.41. The number of aromatic nitrogens is 1. The maximum absolute atomic E-state index is 13.6. The van der Waals surface area contributed by atoms with Crippen LogP contribution < -0.4 is 4.90 Å². The molecule has 0 aliphatic carbocycles. The highest BCUT2D eigenvalue weighted by Crippen LogP contribution is 2.35. The van der Waals surface area contributed by atoms with Crippen molar-refractivity contribution in [3.8, 4) is 0 Å². The molecule has 0 saturated carbocycles. The lowest BCUT2D eigenvalue weighted by atomic mass is 10.1. The van der Waals surface area contributed by atoms with Crippen LogP contribution in [0.5, 0.6) is 0 Å². The highest BCUT2D eigenvalue weighted by Gasteiger charge is 2.36. The molecule has 2 heterocycles. The van der Waals surface area contributed by atoms with Gasteiger partial charge in [0.2, 0.25) is 0 Å². The summed E-state index contributed by atoms with van der Waals surface area (Å²) in [7, 11) is 3.46. The van der Waals surface area contributed by atoms with Crippen LogP contribution in [0.1, 0.15) is 22.5 Å². The van der Waals surface area contributed by atoms with E-state index in [1.165, 1.54) is 0 Å². The first-order valence-corrected chi connectivity index (χ1v) is 9.70. The largest absolute Gasteiger partial charge is 0.463 e. The van der Waals surface area contributed by atoms with Crippen molar-refractivity contribution in [2.45, 2.75) is 18.9 Å². The molecule has 0 fully saturated rings. The van der Waals surface area contributed by atoms with Gasteiger partial charge in [0.15, 0.2) is 0 Å². The monoisotopic (exact) mass is 392 g/mol. The van der Waals surface area contributed by atoms with Gasteiger partial charge in [-0.3, -0.25) is 9.59 Å². The second-order valence-electron chi connectivity index (χ2n) is 7.23. The topological polar surface area (TPSA) is 60.8 Å². The van der Waals surface area contributed by atoms with Gasteiger partial charge in [-0.05, 0) is 30.2 Å². The van der Waals surface area contributed by atoms with Gasteiger partial charge >= 0.3 is 5.97 Å². The number of hydrogen-bond acceptors (Lipinski definition) is 4. The van der Waals surface area contributed by atoms with E-state index in [9.17, 15) is 9.59 Å². The van der Waals surface area contributed by atoms with Crippen LogP contribution in [0.2, 0.25) is 0 Å². The van der Waals surface area contributed by atoms with E-state index in [1.54, 1.807) is 12.0 Å². The van der Waals surface area contributed by atoms with Gasteiger partial charge in [0, 0.05) is 30.7 Å². The van der Waals surface area contributed by atoms with Crippen LogP contribution in [0.3, 0.4) is 0 Å². The molecular weight excluding hydrogens is 368 g/mol. The van der Waals surface area contributed by atoms with Gasteiger partial charge in [0.25, 0.3) is 5.91 Å². The highest BCUT2D eigenvalue weighted by atomic mass is 16.6. The molecule has 0 spiro atoms. The Morgan fingerprint density at radius 2 is 1.83 bits per heavy atom. The number of benzene rings is 2. The number of methoxy groups -OCH3 is 1. The molecule has 0 N–H and O–H groups in total. The fraction of sp³-hybridized carbons (Fsp3) is 0.304. The summed E-state index contributed by atoms with van der Waals surface area (Å²) in [4.78, 5) is 27.7. The van der Waals surface area contributed by atoms with Crippen LogP contribution in [0.25, 0.3) is 10.9 Å². The number of nitrogens with zero attached hydrogens (tertiary/aromatic N) is 2. The van der Waals surface area contributed by atoms with E-state index >= 15 is 0 Å². The van der Waals surface area contributed by atoms with Crippen molar-refractivity contribution in [1.29, 1.82) is 0 Å². The van der Waals surface area contributed by atoms with E-state index < -0.39 is 0 Å². The smallest absolute Gasteiger partial charge is 0.307 e. The van der Waals surface area contributed by atoms with Crippen LogP contribution in [-0.4, -0.2) is 42.8 Å². The molecule has 29 heavy (non-hydrogen) atoms. The number of anilines is 1. The molecule has 6 heteroatoms. The van der Waals surface area contributed by atoms with Gasteiger partial charge in [-0.2, -0.15) is 0 Å². The van der Waals surface area contributed by atoms with Crippen molar-refractivity contribution in [3.05, 3.63) is 65.9 Å². The first-order chi connectivity index (χ1) is 14.1. The number of aryl methyl sites for hydroxylation is 1. The lowest BCUT2D eigenvalue weighted by Crippen LogP contribution is -2.40. The molecule has 4 rings (SSSR count). The summed E-state index contributed by atoms with van der Waals surface area (Å²) in [5.74, 6) is -0.432. The number of amides is 1. The number of fused-ring (bicyclic) bond motifs is 2. The summed E-state index contributed by atoms with van der Waals surface area (Å²) >= 11 is 0. The van der Waals surface area contributed by atoms with Crippen molar-refractivity contribution in [3.63, 3.8) is 0 Å². The van der Waals surface area contributed by atoms with E-state index in [-0.39, 0.29) is 30.9 Å². The Balaban J connectivity index is 1.64. The minimum absolute atomic E-state index is 0.108. The molecule has 0 saturated heterocycles. The van der Waals surface area contributed by atoms with Crippen molar-refractivity contribution >= 4 is 28.5 Å². The van der Waals surface area contributed by atoms with Crippen LogP contribution in [0.15, 0.2) is 54.6 Å². The first-order valence-electron chi connectivity index (χ1n) is 9.70. The molecule has 2 aromatic carbocycles. The molecule has 3 aromatic rings. The number of ether oxygens (including phenoxy) is 2. The van der Waals surface area contributed by atoms with Gasteiger partial charge in [0.1, 0.15) is 12.3 Å². The summed E-state index contributed by atoms with van der Waals surface area (Å²) in [6.07, 6.45) is 0.777. The fourth-order valence-corrected chi connectivity index (χ4v) is 4.01. The maximum atomic E-state index is 13.6. The van der Waals surface area contributed by atoms with Gasteiger partial charge in [-0.25, -0.2) is 0 Å². The molecule has 6 nitrogen and oxygen atoms in total. The van der Waals surface area contributed by atoms with E-state index in [4.69, 9.17) is 9.47 Å². The Bertz CT molecular complexity index is 1060. The van der Waals surface area contributed by atoms with Crippen LogP contribution in [0.4, 0.5) is 5.69 Å². The summed E-state index contributed by atoms with van der Waals surface area (Å²) in [6.45, 7) is 0.571. The Morgan fingerprint density at radius 3 is 2.62 bits per heavy atom. The lowest BCUT2D eigenvalue weighted by molar-refractivity contribution is -0.145. The number of esters is 1. The van der Waals surface area contributed by atoms with Gasteiger partial charge in [0.05, 0.1) is 19.1 Å². The van der Waals surface area contributed by atoms with E-state index in [0.29, 0.717) is 18.7 Å². The Hall–Kier alpha value is -3.12. The Morgan fingerprint density at radius 1 is 1.07 bits per heavy atom. The molecule has 1 aromatic heterocycles.